The van der Waals surface area contributed by atoms with Crippen molar-refractivity contribution in [2.75, 3.05) is 11.5 Å². The van der Waals surface area contributed by atoms with Crippen molar-refractivity contribution in [2.45, 2.75) is 12.8 Å². The highest BCUT2D eigenvalue weighted by atomic mass is 32.2. The molecule has 0 spiro atoms. The molecular formula is C7H11O2S. The van der Waals surface area contributed by atoms with E-state index in [0.29, 0.717) is 23.3 Å². The quantitative estimate of drug-likeness (QED) is 0.520. The van der Waals surface area contributed by atoms with Crippen molar-refractivity contribution in [1.29, 1.82) is 0 Å². The first kappa shape index (κ1) is 6.65. The monoisotopic (exact) mass is 159 g/mol. The summed E-state index contributed by atoms with van der Waals surface area (Å²) in [6.45, 7) is 0. The van der Waals surface area contributed by atoms with Gasteiger partial charge in [-0.3, -0.25) is 0 Å². The van der Waals surface area contributed by atoms with Crippen molar-refractivity contribution in [3.8, 4) is 0 Å². The van der Waals surface area contributed by atoms with Crippen LogP contribution in [0.2, 0.25) is 0 Å². The molecule has 1 saturated carbocycles. The third kappa shape index (κ3) is 0.965. The molecule has 1 heterocycles. The molecule has 2 rings (SSSR count). The fourth-order valence-electron chi connectivity index (χ4n) is 2.04. The van der Waals surface area contributed by atoms with E-state index >= 15 is 0 Å². The SMILES string of the molecule is O=S1(=O)CC2C[CH]CC2C1. The number of fused-ring (bicyclic) bond motifs is 1. The molecule has 2 fully saturated rings. The summed E-state index contributed by atoms with van der Waals surface area (Å²) in [4.78, 5) is 0. The van der Waals surface area contributed by atoms with Crippen molar-refractivity contribution in [1.82, 2.24) is 0 Å². The van der Waals surface area contributed by atoms with Gasteiger partial charge in [-0.05, 0) is 31.1 Å². The van der Waals surface area contributed by atoms with E-state index in [1.165, 1.54) is 0 Å². The zero-order valence-corrected chi connectivity index (χ0v) is 6.60. The van der Waals surface area contributed by atoms with E-state index < -0.39 is 9.84 Å². The highest BCUT2D eigenvalue weighted by Gasteiger charge is 2.40. The fourth-order valence-corrected chi connectivity index (χ4v) is 4.30. The molecule has 57 valence electrons. The summed E-state index contributed by atoms with van der Waals surface area (Å²) < 4.78 is 22.1. The van der Waals surface area contributed by atoms with E-state index in [1.807, 2.05) is 0 Å². The lowest BCUT2D eigenvalue weighted by Crippen LogP contribution is -2.03. The summed E-state index contributed by atoms with van der Waals surface area (Å²) in [5, 5.41) is 0. The molecule has 10 heavy (non-hydrogen) atoms. The molecule has 1 aliphatic carbocycles. The van der Waals surface area contributed by atoms with Crippen molar-refractivity contribution in [2.24, 2.45) is 11.8 Å². The van der Waals surface area contributed by atoms with Gasteiger partial charge in [0.25, 0.3) is 0 Å². The minimum atomic E-state index is -2.63. The Balaban J connectivity index is 2.21. The van der Waals surface area contributed by atoms with E-state index in [-0.39, 0.29) is 0 Å². The van der Waals surface area contributed by atoms with Crippen LogP contribution in [0.3, 0.4) is 0 Å². The number of rotatable bonds is 0. The summed E-state index contributed by atoms with van der Waals surface area (Å²) in [7, 11) is -2.63. The largest absolute Gasteiger partial charge is 0.229 e. The van der Waals surface area contributed by atoms with Gasteiger partial charge in [0.2, 0.25) is 0 Å². The molecule has 1 saturated heterocycles. The van der Waals surface area contributed by atoms with Crippen LogP contribution in [0.1, 0.15) is 12.8 Å². The lowest BCUT2D eigenvalue weighted by Gasteiger charge is -2.01. The number of sulfone groups is 1. The molecule has 0 bridgehead atoms. The first-order valence-electron chi connectivity index (χ1n) is 3.69. The van der Waals surface area contributed by atoms with Crippen LogP contribution in [0.5, 0.6) is 0 Å². The lowest BCUT2D eigenvalue weighted by atomic mass is 10.0. The highest BCUT2D eigenvalue weighted by molar-refractivity contribution is 7.91. The van der Waals surface area contributed by atoms with Gasteiger partial charge in [0.05, 0.1) is 11.5 Å². The van der Waals surface area contributed by atoms with Gasteiger partial charge in [0, 0.05) is 0 Å². The second kappa shape index (κ2) is 1.97. The maximum atomic E-state index is 11.0. The molecule has 2 nitrogen and oxygen atoms in total. The molecule has 0 aromatic heterocycles. The van der Waals surface area contributed by atoms with Gasteiger partial charge < -0.3 is 0 Å². The third-order valence-corrected chi connectivity index (χ3v) is 4.41. The highest BCUT2D eigenvalue weighted by Crippen LogP contribution is 2.38. The van der Waals surface area contributed by atoms with Gasteiger partial charge in [0.15, 0.2) is 9.84 Å². The summed E-state index contributed by atoms with van der Waals surface area (Å²) in [5.41, 5.74) is 0. The van der Waals surface area contributed by atoms with Crippen LogP contribution in [0.25, 0.3) is 0 Å². The number of hydrogen-bond acceptors (Lipinski definition) is 2. The van der Waals surface area contributed by atoms with Crippen molar-refractivity contribution in [3.05, 3.63) is 6.42 Å². The van der Waals surface area contributed by atoms with Crippen LogP contribution < -0.4 is 0 Å². The normalized spacial score (nSPS) is 43.6. The summed E-state index contributed by atoms with van der Waals surface area (Å²) in [6.07, 6.45) is 4.29. The Hall–Kier alpha value is -0.0500. The minimum absolute atomic E-state index is 0.453. The molecule has 2 atom stereocenters. The third-order valence-electron chi connectivity index (χ3n) is 2.54. The average Bonchev–Trinajstić information content (AvgIpc) is 2.20. The summed E-state index contributed by atoms with van der Waals surface area (Å²) >= 11 is 0. The van der Waals surface area contributed by atoms with Gasteiger partial charge in [-0.2, -0.15) is 0 Å². The van der Waals surface area contributed by atoms with Crippen molar-refractivity contribution in [3.63, 3.8) is 0 Å². The zero-order valence-electron chi connectivity index (χ0n) is 5.79. The Morgan fingerprint density at radius 1 is 1.10 bits per heavy atom. The van der Waals surface area contributed by atoms with E-state index in [0.717, 1.165) is 12.8 Å². The second-order valence-corrected chi connectivity index (χ2v) is 5.51. The standard InChI is InChI=1S/C7H11O2S/c8-10(9)4-6-2-1-3-7(6)5-10/h1,6-7H,2-5H2. The van der Waals surface area contributed by atoms with Gasteiger partial charge in [0.1, 0.15) is 0 Å². The van der Waals surface area contributed by atoms with Gasteiger partial charge in [-0.25, -0.2) is 8.42 Å². The van der Waals surface area contributed by atoms with Crippen LogP contribution in [0, 0.1) is 18.3 Å². The molecule has 0 amide bonds. The molecule has 0 aromatic carbocycles. The maximum absolute atomic E-state index is 11.0. The Morgan fingerprint density at radius 3 is 2.10 bits per heavy atom. The molecule has 2 aliphatic rings. The topological polar surface area (TPSA) is 34.1 Å². The Bertz CT molecular complexity index is 212. The van der Waals surface area contributed by atoms with Gasteiger partial charge in [-0.1, -0.05) is 0 Å². The Morgan fingerprint density at radius 2 is 1.60 bits per heavy atom. The van der Waals surface area contributed by atoms with Crippen LogP contribution in [-0.2, 0) is 9.84 Å². The van der Waals surface area contributed by atoms with Gasteiger partial charge >= 0.3 is 0 Å². The van der Waals surface area contributed by atoms with Crippen LogP contribution in [0.4, 0.5) is 0 Å². The second-order valence-electron chi connectivity index (χ2n) is 3.36. The molecule has 3 heteroatoms. The molecule has 2 unspecified atom stereocenters. The van der Waals surface area contributed by atoms with E-state index in [9.17, 15) is 8.42 Å². The van der Waals surface area contributed by atoms with E-state index in [1.54, 1.807) is 0 Å². The lowest BCUT2D eigenvalue weighted by molar-refractivity contribution is 0.494. The molecule has 0 aromatic rings. The predicted molar refractivity (Wildman–Crippen MR) is 39.2 cm³/mol. The zero-order chi connectivity index (χ0) is 7.19. The molecular weight excluding hydrogens is 148 g/mol. The van der Waals surface area contributed by atoms with E-state index in [4.69, 9.17) is 0 Å². The van der Waals surface area contributed by atoms with Crippen molar-refractivity contribution >= 4 is 9.84 Å². The Kier molecular flexibility index (Phi) is 1.31. The molecule has 1 radical (unpaired) electrons. The summed E-state index contributed by atoms with van der Waals surface area (Å²) in [6, 6.07) is 0. The predicted octanol–water partition coefficient (Wildman–Crippen LogP) is 0.645. The fraction of sp³-hybridized carbons (Fsp3) is 0.857. The first-order valence-corrected chi connectivity index (χ1v) is 5.51. The first-order chi connectivity index (χ1) is 4.67. The maximum Gasteiger partial charge on any atom is 0.150 e. The minimum Gasteiger partial charge on any atom is -0.229 e. The smallest absolute Gasteiger partial charge is 0.150 e. The molecule has 0 N–H and O–H groups in total. The summed E-state index contributed by atoms with van der Waals surface area (Å²) in [5.74, 6) is 1.86. The van der Waals surface area contributed by atoms with Crippen LogP contribution in [0.15, 0.2) is 0 Å². The van der Waals surface area contributed by atoms with Crippen LogP contribution in [-0.4, -0.2) is 19.9 Å². The van der Waals surface area contributed by atoms with Crippen molar-refractivity contribution < 1.29 is 8.42 Å². The van der Waals surface area contributed by atoms with Crippen LogP contribution >= 0.6 is 0 Å². The average molecular weight is 159 g/mol. The van der Waals surface area contributed by atoms with Gasteiger partial charge in [-0.15, -0.1) is 0 Å². The molecule has 1 aliphatic heterocycles. The Labute approximate surface area is 61.5 Å². The van der Waals surface area contributed by atoms with E-state index in [2.05, 4.69) is 6.42 Å². The number of hydrogen-bond donors (Lipinski definition) is 0.